The topological polar surface area (TPSA) is 63.6 Å². The zero-order chi connectivity index (χ0) is 11.3. The summed E-state index contributed by atoms with van der Waals surface area (Å²) >= 11 is 0. The number of ether oxygens (including phenoxy) is 1. The van der Waals surface area contributed by atoms with E-state index in [0.29, 0.717) is 0 Å². The summed E-state index contributed by atoms with van der Waals surface area (Å²) in [5.74, 6) is 0. The molecule has 0 atom stereocenters. The molecule has 0 aromatic heterocycles. The van der Waals surface area contributed by atoms with Gasteiger partial charge >= 0.3 is 0 Å². The maximum atomic E-state index is 10.5. The van der Waals surface area contributed by atoms with Crippen LogP contribution in [0, 0.1) is 6.92 Å². The summed E-state index contributed by atoms with van der Waals surface area (Å²) in [6.07, 6.45) is 1.28. The molecule has 0 unspecified atom stereocenters. The lowest BCUT2D eigenvalue weighted by molar-refractivity contribution is 0.0367. The molecule has 84 valence electrons. The Hall–Kier alpha value is -0.910. The lowest BCUT2D eigenvalue weighted by atomic mass is 10.2. The summed E-state index contributed by atoms with van der Waals surface area (Å²) < 4.78 is 34.4. The van der Waals surface area contributed by atoms with Gasteiger partial charge in [0.2, 0.25) is 0 Å². The van der Waals surface area contributed by atoms with Gasteiger partial charge in [0.15, 0.2) is 0 Å². The summed E-state index contributed by atoms with van der Waals surface area (Å²) in [6, 6.07) is 6.10. The highest BCUT2D eigenvalue weighted by atomic mass is 32.2. The minimum absolute atomic E-state index is 0.0579. The Labute approximate surface area is 89.6 Å². The Morgan fingerprint density at radius 3 is 2.13 bits per heavy atom. The van der Waals surface area contributed by atoms with Crippen molar-refractivity contribution in [3.05, 3.63) is 29.8 Å². The van der Waals surface area contributed by atoms with Crippen LogP contribution in [0.4, 0.5) is 0 Å². The monoisotopic (exact) mass is 230 g/mol. The van der Waals surface area contributed by atoms with Gasteiger partial charge in [-0.05, 0) is 31.0 Å². The van der Waals surface area contributed by atoms with Crippen molar-refractivity contribution in [2.75, 3.05) is 13.2 Å². The molecule has 1 fully saturated rings. The maximum absolute atomic E-state index is 10.5. The molecule has 0 bridgehead atoms. The molecular weight excluding hydrogens is 216 g/mol. The average molecular weight is 230 g/mol. The molecule has 0 amide bonds. The third kappa shape index (κ3) is 4.42. The van der Waals surface area contributed by atoms with Gasteiger partial charge in [0.25, 0.3) is 10.1 Å². The highest BCUT2D eigenvalue weighted by Crippen LogP contribution is 2.09. The van der Waals surface area contributed by atoms with Crippen LogP contribution in [0.1, 0.15) is 12.0 Å². The summed E-state index contributed by atoms with van der Waals surface area (Å²) in [5.41, 5.74) is 0.806. The molecule has 4 nitrogen and oxygen atoms in total. The van der Waals surface area contributed by atoms with Gasteiger partial charge in [-0.25, -0.2) is 0 Å². The molecule has 1 N–H and O–H groups in total. The number of rotatable bonds is 1. The first-order chi connectivity index (χ1) is 7.00. The lowest BCUT2D eigenvalue weighted by Crippen LogP contribution is -2.09. The third-order valence-electron chi connectivity index (χ3n) is 1.86. The van der Waals surface area contributed by atoms with Crippen LogP contribution in [0.2, 0.25) is 0 Å². The Balaban J connectivity index is 0.000000234. The Morgan fingerprint density at radius 1 is 1.33 bits per heavy atom. The number of aryl methyl sites for hydroxylation is 1. The average Bonchev–Trinajstić information content (AvgIpc) is 1.99. The lowest BCUT2D eigenvalue weighted by Gasteiger charge is -2.09. The van der Waals surface area contributed by atoms with Gasteiger partial charge in [-0.1, -0.05) is 12.1 Å². The smallest absolute Gasteiger partial charge is 0.294 e. The fourth-order valence-electron chi connectivity index (χ4n) is 0.920. The second-order valence-corrected chi connectivity index (χ2v) is 4.68. The van der Waals surface area contributed by atoms with E-state index in [1.54, 1.807) is 19.1 Å². The number of benzene rings is 1. The summed E-state index contributed by atoms with van der Waals surface area (Å²) in [6.45, 7) is 3.76. The van der Waals surface area contributed by atoms with Crippen molar-refractivity contribution >= 4 is 10.1 Å². The van der Waals surface area contributed by atoms with Gasteiger partial charge in [-0.15, -0.1) is 0 Å². The Bertz CT molecular complexity index is 403. The van der Waals surface area contributed by atoms with E-state index in [1.807, 2.05) is 0 Å². The summed E-state index contributed by atoms with van der Waals surface area (Å²) in [4.78, 5) is -0.0579. The highest BCUT2D eigenvalue weighted by molar-refractivity contribution is 7.85. The molecule has 1 aliphatic heterocycles. The van der Waals surface area contributed by atoms with Crippen LogP contribution < -0.4 is 0 Å². The van der Waals surface area contributed by atoms with Crippen LogP contribution in [0.15, 0.2) is 29.2 Å². The van der Waals surface area contributed by atoms with Crippen LogP contribution >= 0.6 is 0 Å². The van der Waals surface area contributed by atoms with E-state index < -0.39 is 10.1 Å². The van der Waals surface area contributed by atoms with E-state index in [9.17, 15) is 8.42 Å². The molecule has 1 heterocycles. The molecule has 2 rings (SSSR count). The zero-order valence-electron chi connectivity index (χ0n) is 8.51. The van der Waals surface area contributed by atoms with Crippen molar-refractivity contribution in [2.24, 2.45) is 0 Å². The molecule has 1 aliphatic rings. The van der Waals surface area contributed by atoms with E-state index in [-0.39, 0.29) is 4.90 Å². The van der Waals surface area contributed by atoms with Crippen LogP contribution in [-0.4, -0.2) is 26.2 Å². The second-order valence-electron chi connectivity index (χ2n) is 3.26. The molecule has 1 aromatic carbocycles. The summed E-state index contributed by atoms with van der Waals surface area (Å²) in [7, 11) is -4.03. The van der Waals surface area contributed by atoms with Gasteiger partial charge in [-0.2, -0.15) is 8.42 Å². The Kier molecular flexibility index (Phi) is 4.26. The van der Waals surface area contributed by atoms with Crippen molar-refractivity contribution in [1.29, 1.82) is 0 Å². The molecule has 0 spiro atoms. The molecule has 15 heavy (non-hydrogen) atoms. The highest BCUT2D eigenvalue weighted by Gasteiger charge is 2.07. The molecule has 5 heteroatoms. The normalized spacial score (nSPS) is 14.8. The van der Waals surface area contributed by atoms with Crippen LogP contribution in [0.3, 0.4) is 0 Å². The van der Waals surface area contributed by atoms with E-state index in [0.717, 1.165) is 18.8 Å². The first kappa shape index (κ1) is 12.2. The van der Waals surface area contributed by atoms with E-state index in [4.69, 9.17) is 9.29 Å². The van der Waals surface area contributed by atoms with Crippen molar-refractivity contribution < 1.29 is 17.7 Å². The second kappa shape index (κ2) is 5.25. The van der Waals surface area contributed by atoms with Crippen LogP contribution in [0.5, 0.6) is 0 Å². The predicted molar refractivity (Wildman–Crippen MR) is 56.4 cm³/mol. The maximum Gasteiger partial charge on any atom is 0.294 e. The van der Waals surface area contributed by atoms with E-state index in [2.05, 4.69) is 0 Å². The standard InChI is InChI=1S/C7H8O3S.C3H6O/c1-6-3-2-4-7(5-6)11(8,9)10;1-2-4-3-1/h2-5H,1H3,(H,8,9,10);1-3H2. The van der Waals surface area contributed by atoms with Crippen LogP contribution in [-0.2, 0) is 14.9 Å². The SMILES string of the molecule is C1COC1.Cc1cccc(S(=O)(=O)O)c1. The largest absolute Gasteiger partial charge is 0.381 e. The van der Waals surface area contributed by atoms with Crippen LogP contribution in [0.25, 0.3) is 0 Å². The van der Waals surface area contributed by atoms with Crippen molar-refractivity contribution in [3.63, 3.8) is 0 Å². The van der Waals surface area contributed by atoms with Crippen molar-refractivity contribution in [2.45, 2.75) is 18.2 Å². The predicted octanol–water partition coefficient (Wildman–Crippen LogP) is 1.65. The number of hydrogen-bond donors (Lipinski definition) is 1. The molecule has 0 aliphatic carbocycles. The summed E-state index contributed by atoms with van der Waals surface area (Å²) in [5, 5.41) is 0. The van der Waals surface area contributed by atoms with E-state index >= 15 is 0 Å². The third-order valence-corrected chi connectivity index (χ3v) is 2.71. The molecule has 0 saturated carbocycles. The minimum Gasteiger partial charge on any atom is -0.381 e. The van der Waals surface area contributed by atoms with Gasteiger partial charge in [0.1, 0.15) is 0 Å². The van der Waals surface area contributed by atoms with Crippen molar-refractivity contribution in [1.82, 2.24) is 0 Å². The zero-order valence-corrected chi connectivity index (χ0v) is 9.33. The quantitative estimate of drug-likeness (QED) is 0.745. The molecule has 1 aromatic rings. The fraction of sp³-hybridized carbons (Fsp3) is 0.400. The molecule has 0 radical (unpaired) electrons. The number of hydrogen-bond acceptors (Lipinski definition) is 3. The van der Waals surface area contributed by atoms with Gasteiger partial charge in [0, 0.05) is 13.2 Å². The minimum atomic E-state index is -4.03. The first-order valence-corrected chi connectivity index (χ1v) is 6.06. The van der Waals surface area contributed by atoms with Crippen molar-refractivity contribution in [3.8, 4) is 0 Å². The van der Waals surface area contributed by atoms with Gasteiger partial charge < -0.3 is 4.74 Å². The van der Waals surface area contributed by atoms with Gasteiger partial charge in [0.05, 0.1) is 4.90 Å². The molecule has 1 saturated heterocycles. The van der Waals surface area contributed by atoms with Gasteiger partial charge in [-0.3, -0.25) is 4.55 Å². The first-order valence-electron chi connectivity index (χ1n) is 4.62. The Morgan fingerprint density at radius 2 is 1.87 bits per heavy atom. The fourth-order valence-corrected chi connectivity index (χ4v) is 1.51. The van der Waals surface area contributed by atoms with E-state index in [1.165, 1.54) is 18.6 Å². The molecular formula is C10H14O4S.